The average Bonchev–Trinajstić information content (AvgIpc) is 3.20. The molecule has 37 heavy (non-hydrogen) atoms. The molecule has 7 nitrogen and oxygen atoms in total. The molecule has 0 fully saturated rings. The van der Waals surface area contributed by atoms with E-state index in [-0.39, 0.29) is 40.1 Å². The van der Waals surface area contributed by atoms with Crippen molar-refractivity contribution in [2.75, 3.05) is 0 Å². The maximum Gasteiger partial charge on any atom is 1.00 e. The van der Waals surface area contributed by atoms with Crippen molar-refractivity contribution in [2.24, 2.45) is 0 Å². The molecule has 0 aliphatic carbocycles. The van der Waals surface area contributed by atoms with Crippen LogP contribution in [0.4, 0.5) is 0 Å². The standard InChI is InChI=1S/C27H21ClN4O3S.Na/c1-18-29-24-14-15-25(27(33)31-36(34,35)22-10-6-3-7-11-22)30-26(24)32(18)17-21-13-12-20(16-23(21)28)19-8-4-2-5-9-19;/h2-16H,17H2,1H3,(H,31,33);/q;+1. The number of carbonyl (C=O) groups excluding carboxylic acids is 1. The smallest absolute Gasteiger partial charge is 0.308 e. The monoisotopic (exact) mass is 539 g/mol. The number of pyridine rings is 1. The number of nitrogens with zero attached hydrogens (tertiary/aromatic N) is 3. The SMILES string of the molecule is Cc1nc2ccc(C(=O)NS(=O)(=O)c3ccccc3)nc2n1Cc1ccc(-c2ccccc2)cc1Cl.[Na+]. The van der Waals surface area contributed by atoms with Gasteiger partial charge in [0, 0.05) is 5.02 Å². The molecule has 0 radical (unpaired) electrons. The molecule has 180 valence electrons. The molecule has 0 aliphatic heterocycles. The van der Waals surface area contributed by atoms with E-state index in [2.05, 4.69) is 14.7 Å². The molecular weight excluding hydrogens is 519 g/mol. The molecule has 5 aromatic rings. The molecule has 2 aromatic heterocycles. The predicted octanol–water partition coefficient (Wildman–Crippen LogP) is 2.23. The van der Waals surface area contributed by atoms with Crippen LogP contribution in [0.1, 0.15) is 21.9 Å². The van der Waals surface area contributed by atoms with Gasteiger partial charge in [0.05, 0.1) is 11.4 Å². The number of sulfonamides is 1. The molecule has 3 aromatic carbocycles. The third kappa shape index (κ3) is 5.79. The summed E-state index contributed by atoms with van der Waals surface area (Å²) in [6.07, 6.45) is 0. The Morgan fingerprint density at radius 1 is 0.892 bits per heavy atom. The van der Waals surface area contributed by atoms with Gasteiger partial charge in [-0.2, -0.15) is 0 Å². The molecule has 10 heteroatoms. The van der Waals surface area contributed by atoms with Gasteiger partial charge in [-0.3, -0.25) is 4.79 Å². The van der Waals surface area contributed by atoms with Gasteiger partial charge in [-0.1, -0.05) is 72.3 Å². The summed E-state index contributed by atoms with van der Waals surface area (Å²) in [6.45, 7) is 2.23. The van der Waals surface area contributed by atoms with Crippen LogP contribution in [0.2, 0.25) is 5.02 Å². The van der Waals surface area contributed by atoms with Gasteiger partial charge in [-0.25, -0.2) is 23.1 Å². The number of carbonyl (C=O) groups is 1. The van der Waals surface area contributed by atoms with E-state index in [9.17, 15) is 13.2 Å². The fraction of sp³-hybridized carbons (Fsp3) is 0.0741. The van der Waals surface area contributed by atoms with Crippen molar-refractivity contribution in [1.29, 1.82) is 0 Å². The number of imidazole rings is 1. The summed E-state index contributed by atoms with van der Waals surface area (Å²) in [5, 5.41) is 0.598. The number of aromatic nitrogens is 3. The van der Waals surface area contributed by atoms with Crippen molar-refractivity contribution in [3.63, 3.8) is 0 Å². The quantitative estimate of drug-likeness (QED) is 0.334. The first-order valence-corrected chi connectivity index (χ1v) is 13.0. The summed E-state index contributed by atoms with van der Waals surface area (Å²) < 4.78 is 29.1. The van der Waals surface area contributed by atoms with E-state index < -0.39 is 15.9 Å². The number of rotatable bonds is 6. The number of hydrogen-bond acceptors (Lipinski definition) is 5. The third-order valence-electron chi connectivity index (χ3n) is 5.78. The number of nitrogens with one attached hydrogen (secondary N) is 1. The molecule has 0 atom stereocenters. The predicted molar refractivity (Wildman–Crippen MR) is 139 cm³/mol. The molecule has 0 unspecified atom stereocenters. The molecule has 0 aliphatic rings. The Bertz CT molecular complexity index is 1690. The Balaban J connectivity index is 0.00000320. The molecular formula is C27H21ClN4NaO3S+. The van der Waals surface area contributed by atoms with Crippen LogP contribution in [0.15, 0.2) is 95.9 Å². The second kappa shape index (κ2) is 11.2. The Hall–Kier alpha value is -3.01. The maximum atomic E-state index is 12.8. The molecule has 1 N–H and O–H groups in total. The van der Waals surface area contributed by atoms with Gasteiger partial charge in [-0.15, -0.1) is 0 Å². The van der Waals surface area contributed by atoms with Gasteiger partial charge in [0.2, 0.25) is 0 Å². The van der Waals surface area contributed by atoms with Crippen molar-refractivity contribution < 1.29 is 42.8 Å². The summed E-state index contributed by atoms with van der Waals surface area (Å²) in [4.78, 5) is 21.8. The van der Waals surface area contributed by atoms with Crippen LogP contribution in [-0.4, -0.2) is 28.9 Å². The molecule has 2 heterocycles. The molecule has 1 amide bonds. The van der Waals surface area contributed by atoms with Gasteiger partial charge in [0.1, 0.15) is 17.0 Å². The molecule has 0 saturated heterocycles. The fourth-order valence-electron chi connectivity index (χ4n) is 3.92. The zero-order valence-electron chi connectivity index (χ0n) is 20.2. The van der Waals surface area contributed by atoms with Crippen molar-refractivity contribution in [2.45, 2.75) is 18.4 Å². The van der Waals surface area contributed by atoms with Gasteiger partial charge < -0.3 is 4.57 Å². The largest absolute Gasteiger partial charge is 1.00 e. The second-order valence-electron chi connectivity index (χ2n) is 8.20. The minimum atomic E-state index is -4.03. The Kier molecular flexibility index (Phi) is 8.16. The number of aryl methyl sites for hydroxylation is 1. The van der Waals surface area contributed by atoms with Crippen molar-refractivity contribution >= 4 is 38.7 Å². The van der Waals surface area contributed by atoms with Crippen molar-refractivity contribution in [1.82, 2.24) is 19.3 Å². The first-order chi connectivity index (χ1) is 17.3. The topological polar surface area (TPSA) is 93.9 Å². The summed E-state index contributed by atoms with van der Waals surface area (Å²) in [5.41, 5.74) is 3.95. The average molecular weight is 540 g/mol. The fourth-order valence-corrected chi connectivity index (χ4v) is 5.14. The maximum absolute atomic E-state index is 12.8. The van der Waals surface area contributed by atoms with Crippen molar-refractivity contribution in [3.8, 4) is 11.1 Å². The second-order valence-corrected chi connectivity index (χ2v) is 10.3. The number of amides is 1. The van der Waals surface area contributed by atoms with Gasteiger partial charge >= 0.3 is 29.6 Å². The number of benzene rings is 3. The molecule has 0 saturated carbocycles. The van der Waals surface area contributed by atoms with Crippen LogP contribution >= 0.6 is 11.6 Å². The van der Waals surface area contributed by atoms with Gasteiger partial charge in [0.25, 0.3) is 15.9 Å². The first kappa shape index (κ1) is 27.0. The Morgan fingerprint density at radius 3 is 2.24 bits per heavy atom. The van der Waals surface area contributed by atoms with E-state index in [1.807, 2.05) is 60.0 Å². The van der Waals surface area contributed by atoms with Crippen LogP contribution < -0.4 is 34.3 Å². The summed E-state index contributed by atoms with van der Waals surface area (Å²) in [5.74, 6) is -0.133. The Labute approximate surface area is 241 Å². The zero-order valence-corrected chi connectivity index (χ0v) is 23.8. The Morgan fingerprint density at radius 2 is 1.57 bits per heavy atom. The van der Waals surface area contributed by atoms with E-state index in [1.165, 1.54) is 18.2 Å². The van der Waals surface area contributed by atoms with Crippen molar-refractivity contribution in [3.05, 3.63) is 113 Å². The molecule has 0 spiro atoms. The van der Waals surface area contributed by atoms with E-state index in [0.29, 0.717) is 28.6 Å². The summed E-state index contributed by atoms with van der Waals surface area (Å²) >= 11 is 6.63. The van der Waals surface area contributed by atoms with Crippen LogP contribution in [0, 0.1) is 6.92 Å². The number of halogens is 1. The van der Waals surface area contributed by atoms with E-state index in [0.717, 1.165) is 16.7 Å². The van der Waals surface area contributed by atoms with E-state index in [4.69, 9.17) is 11.6 Å². The molecule has 0 bridgehead atoms. The van der Waals surface area contributed by atoms with Crippen LogP contribution in [0.25, 0.3) is 22.3 Å². The van der Waals surface area contributed by atoms with Gasteiger partial charge in [0.15, 0.2) is 5.65 Å². The van der Waals surface area contributed by atoms with Gasteiger partial charge in [-0.05, 0) is 53.9 Å². The van der Waals surface area contributed by atoms with Crippen LogP contribution in [-0.2, 0) is 16.6 Å². The minimum absolute atomic E-state index is 0. The van der Waals surface area contributed by atoms with Crippen LogP contribution in [0.5, 0.6) is 0 Å². The van der Waals surface area contributed by atoms with Crippen LogP contribution in [0.3, 0.4) is 0 Å². The zero-order chi connectivity index (χ0) is 25.3. The minimum Gasteiger partial charge on any atom is -0.308 e. The normalized spacial score (nSPS) is 11.2. The van der Waals surface area contributed by atoms with E-state index >= 15 is 0 Å². The summed E-state index contributed by atoms with van der Waals surface area (Å²) in [7, 11) is -4.03. The summed E-state index contributed by atoms with van der Waals surface area (Å²) in [6, 6.07) is 26.6. The molecule has 5 rings (SSSR count). The first-order valence-electron chi connectivity index (χ1n) is 11.1. The number of hydrogen-bond donors (Lipinski definition) is 1. The van der Waals surface area contributed by atoms with E-state index in [1.54, 1.807) is 24.3 Å². The number of fused-ring (bicyclic) bond motifs is 1. The third-order valence-corrected chi connectivity index (χ3v) is 7.48.